The van der Waals surface area contributed by atoms with Gasteiger partial charge in [-0.25, -0.2) is 27.3 Å². The number of nitrogens with one attached hydrogen (secondary N) is 4. The first kappa shape index (κ1) is 55.0. The van der Waals surface area contributed by atoms with E-state index in [1.54, 1.807) is 133 Å². The number of Topliss-reactive ketones (excluding diaryl/α,β-unsaturated/α-hetero) is 3. The van der Waals surface area contributed by atoms with Crippen molar-refractivity contribution in [2.45, 2.75) is 129 Å². The van der Waals surface area contributed by atoms with Crippen LogP contribution in [0.3, 0.4) is 0 Å². The Morgan fingerprint density at radius 2 is 0.978 bits per heavy atom. The highest BCUT2D eigenvalue weighted by Gasteiger charge is 2.37. The SMILES string of the molecule is [2H]C1([2H])OCC(=O)c2cccc3[nH]c(-c4ccc([C@@H]5CCCN5)c(F)c4)c1c23.[2H]C1([2H])OCC(=O)c2cccc3[nH]c(-c4ccc([C@H]5CCCN5)c(F)c4)c1c23.[2H]C1([2H])OCC(=O)c2cccc3c2c1c(-c1ccc(C2CCCN2C(=O)OC(C)(C)C)c(F)c1)n3C(=O)OC(C)(C)C. The van der Waals surface area contributed by atoms with E-state index in [9.17, 15) is 32.8 Å². The minimum Gasteiger partial charge on any atom is -0.444 e. The zero-order valence-corrected chi connectivity index (χ0v) is 51.7. The number of rotatable bonds is 6. The van der Waals surface area contributed by atoms with Gasteiger partial charge in [-0.1, -0.05) is 72.8 Å². The van der Waals surface area contributed by atoms with Gasteiger partial charge in [0.25, 0.3) is 0 Å². The quantitative estimate of drug-likeness (QED) is 0.123. The second-order valence-corrected chi connectivity index (χ2v) is 25.7. The molecule has 19 heteroatoms. The maximum atomic E-state index is 16.0. The lowest BCUT2D eigenvalue weighted by Gasteiger charge is -2.29. The highest BCUT2D eigenvalue weighted by Crippen LogP contribution is 2.43. The highest BCUT2D eigenvalue weighted by atomic mass is 19.1. The molecule has 476 valence electrons. The first-order valence-electron chi connectivity index (χ1n) is 34.0. The average Bonchev–Trinajstić information content (AvgIpc) is 1.57. The molecule has 3 saturated heterocycles. The third kappa shape index (κ3) is 12.1. The number of amides is 1. The molecular weight excluding hydrogens is 1180 g/mol. The summed E-state index contributed by atoms with van der Waals surface area (Å²) < 4.78 is 125. The summed E-state index contributed by atoms with van der Waals surface area (Å²) in [5.41, 5.74) is 5.03. The summed E-state index contributed by atoms with van der Waals surface area (Å²) >= 11 is 0. The summed E-state index contributed by atoms with van der Waals surface area (Å²) in [5, 5.41) is 7.81. The smallest absolute Gasteiger partial charge is 0.419 e. The molecule has 0 saturated carbocycles. The Labute approximate surface area is 538 Å². The molecule has 1 unspecified atom stereocenters. The second kappa shape index (κ2) is 25.1. The van der Waals surface area contributed by atoms with E-state index in [0.717, 1.165) is 38.8 Å². The van der Waals surface area contributed by atoms with E-state index in [0.29, 0.717) is 86.0 Å². The molecule has 9 heterocycles. The molecule has 9 aromatic rings. The van der Waals surface area contributed by atoms with E-state index in [4.69, 9.17) is 31.9 Å². The van der Waals surface area contributed by atoms with Gasteiger partial charge in [0.05, 0.1) is 56.5 Å². The number of ketones is 3. The number of H-pyrrole nitrogens is 2. The Bertz CT molecular complexity index is 4560. The van der Waals surface area contributed by atoms with Crippen LogP contribution in [-0.4, -0.2) is 99.6 Å². The molecule has 0 aliphatic carbocycles. The van der Waals surface area contributed by atoms with Gasteiger partial charge in [0.15, 0.2) is 17.3 Å². The van der Waals surface area contributed by atoms with Crippen LogP contribution in [0.1, 0.15) is 171 Å². The van der Waals surface area contributed by atoms with Crippen LogP contribution in [0, 0.1) is 17.5 Å². The first-order chi connectivity index (χ1) is 46.4. The fourth-order valence-corrected chi connectivity index (χ4v) is 13.2. The molecule has 6 aliphatic heterocycles. The minimum atomic E-state index is -2.49. The van der Waals surface area contributed by atoms with E-state index < -0.39 is 67.3 Å². The van der Waals surface area contributed by atoms with Gasteiger partial charge >= 0.3 is 12.2 Å². The van der Waals surface area contributed by atoms with Crippen LogP contribution in [0.15, 0.2) is 109 Å². The summed E-state index contributed by atoms with van der Waals surface area (Å²) in [4.78, 5) is 72.1. The second-order valence-electron chi connectivity index (χ2n) is 25.7. The van der Waals surface area contributed by atoms with Crippen LogP contribution in [-0.2, 0) is 43.4 Å². The molecule has 16 nitrogen and oxygen atoms in total. The standard InChI is InChI=1S/C31H35FN2O6.2C21H19FN2O2/c1-30(2,3)39-28(36)33-14-8-11-23(33)19-13-12-18(15-22(19)32)27-21-16-38-17-25(35)20-9-7-10-24(26(20)21)34(27)29(37)40-31(4,5)6;2*22-16-9-12(6-7-13(16)17-5-2-8-23-17)21-15-10-26-11-19(25)14-3-1-4-18(24-21)20(14)15/h7,9-10,12-13,15,23H,8,11,14,16-17H2,1-6H3;2*1,3-4,6-7,9,17,23-24H,2,5,8,10-11H2/t;2*17-/m.10/s1/i16D2;2*10D2. The highest BCUT2D eigenvalue weighted by molar-refractivity contribution is 6.14. The lowest BCUT2D eigenvalue weighted by molar-refractivity contribution is 0.0221. The first-order valence-corrected chi connectivity index (χ1v) is 31.0. The Balaban J connectivity index is 0.000000136. The van der Waals surface area contributed by atoms with Crippen molar-refractivity contribution in [2.24, 2.45) is 0 Å². The molecule has 1 amide bonds. The summed E-state index contributed by atoms with van der Waals surface area (Å²) in [6.45, 7) is 4.60. The molecule has 92 heavy (non-hydrogen) atoms. The molecule has 15 rings (SSSR count). The molecule has 6 aromatic carbocycles. The molecule has 0 spiro atoms. The number of benzene rings is 6. The maximum absolute atomic E-state index is 16.0. The number of aromatic nitrogens is 3. The van der Waals surface area contributed by atoms with Gasteiger partial charge in [0.2, 0.25) is 0 Å². The van der Waals surface area contributed by atoms with Crippen LogP contribution in [0.5, 0.6) is 0 Å². The lowest BCUT2D eigenvalue weighted by Crippen LogP contribution is -2.36. The Morgan fingerprint density at radius 3 is 1.46 bits per heavy atom. The van der Waals surface area contributed by atoms with E-state index in [1.165, 1.54) is 27.7 Å². The number of nitrogens with zero attached hydrogens (tertiary/aromatic N) is 2. The van der Waals surface area contributed by atoms with Crippen LogP contribution in [0.25, 0.3) is 66.5 Å². The Morgan fingerprint density at radius 1 is 0.533 bits per heavy atom. The van der Waals surface area contributed by atoms with Gasteiger partial charge in [0.1, 0.15) is 48.5 Å². The number of halogens is 3. The van der Waals surface area contributed by atoms with Gasteiger partial charge < -0.3 is 49.2 Å². The van der Waals surface area contributed by atoms with Crippen molar-refractivity contribution in [1.82, 2.24) is 30.1 Å². The van der Waals surface area contributed by atoms with Crippen molar-refractivity contribution in [3.63, 3.8) is 0 Å². The number of hydrogen-bond donors (Lipinski definition) is 4. The minimum absolute atomic E-state index is 0.0114. The van der Waals surface area contributed by atoms with E-state index >= 15 is 4.39 Å². The summed E-state index contributed by atoms with van der Waals surface area (Å²) in [7, 11) is 0. The van der Waals surface area contributed by atoms with Crippen LogP contribution >= 0.6 is 0 Å². The van der Waals surface area contributed by atoms with Crippen molar-refractivity contribution in [3.05, 3.63) is 177 Å². The number of carbonyl (C=O) groups is 5. The summed E-state index contributed by atoms with van der Waals surface area (Å²) in [6.07, 6.45) is 3.72. The third-order valence-corrected chi connectivity index (χ3v) is 17.2. The van der Waals surface area contributed by atoms with Gasteiger partial charge in [-0.15, -0.1) is 0 Å². The molecule has 6 aliphatic rings. The summed E-state index contributed by atoms with van der Waals surface area (Å²) in [6, 6.07) is 28.9. The zero-order valence-electron chi connectivity index (χ0n) is 57.7. The van der Waals surface area contributed by atoms with Gasteiger partial charge in [-0.05, 0) is 130 Å². The van der Waals surface area contributed by atoms with E-state index in [-0.39, 0.29) is 98.5 Å². The fourth-order valence-electron chi connectivity index (χ4n) is 13.2. The van der Waals surface area contributed by atoms with Gasteiger partial charge in [-0.3, -0.25) is 14.4 Å². The number of likely N-dealkylation sites (tertiary alicyclic amines) is 1. The Hall–Kier alpha value is -8.72. The van der Waals surface area contributed by atoms with E-state index in [2.05, 4.69) is 20.6 Å². The predicted molar refractivity (Wildman–Crippen MR) is 343 cm³/mol. The van der Waals surface area contributed by atoms with Crippen LogP contribution in [0.2, 0.25) is 0 Å². The van der Waals surface area contributed by atoms with Gasteiger partial charge in [-0.2, -0.15) is 0 Å². The molecule has 0 radical (unpaired) electrons. The van der Waals surface area contributed by atoms with E-state index in [1.807, 2.05) is 0 Å². The van der Waals surface area contributed by atoms with Crippen molar-refractivity contribution in [1.29, 1.82) is 0 Å². The molecule has 0 bridgehead atoms. The van der Waals surface area contributed by atoms with Crippen molar-refractivity contribution < 1.29 is 69.1 Å². The Kier molecular flexibility index (Phi) is 15.0. The molecule has 3 fully saturated rings. The van der Waals surface area contributed by atoms with Crippen molar-refractivity contribution in [3.8, 4) is 33.8 Å². The zero-order chi connectivity index (χ0) is 69.7. The molecular formula is C73H73F3N6O10. The number of ether oxygens (including phenoxy) is 5. The van der Waals surface area contributed by atoms with Crippen molar-refractivity contribution >= 4 is 62.2 Å². The van der Waals surface area contributed by atoms with Gasteiger partial charge in [0, 0.05) is 113 Å². The fraction of sp³-hybridized carbons (Fsp3) is 0.356. The largest absolute Gasteiger partial charge is 0.444 e. The summed E-state index contributed by atoms with van der Waals surface area (Å²) in [5.74, 6) is -2.27. The number of carbonyl (C=O) groups excluding carboxylic acids is 5. The predicted octanol–water partition coefficient (Wildman–Crippen LogP) is 15.2. The number of aromatic amines is 2. The monoisotopic (exact) mass is 1260 g/mol. The average molecular weight is 1260 g/mol. The molecule has 3 atom stereocenters. The molecule has 3 aromatic heterocycles. The van der Waals surface area contributed by atoms with Crippen LogP contribution < -0.4 is 10.6 Å². The normalized spacial score (nSPS) is 21.6. The third-order valence-electron chi connectivity index (χ3n) is 17.2. The number of hydrogen-bond acceptors (Lipinski definition) is 12. The topological polar surface area (TPSA) is 195 Å². The lowest BCUT2D eigenvalue weighted by atomic mass is 9.98. The molecule has 4 N–H and O–H groups in total. The maximum Gasteiger partial charge on any atom is 0.419 e. The van der Waals surface area contributed by atoms with Crippen LogP contribution in [0.4, 0.5) is 22.8 Å². The van der Waals surface area contributed by atoms with Crippen molar-refractivity contribution in [2.75, 3.05) is 39.5 Å².